The van der Waals surface area contributed by atoms with E-state index in [0.29, 0.717) is 11.4 Å². The Kier molecular flexibility index (Phi) is 4.39. The monoisotopic (exact) mass is 329 g/mol. The van der Waals surface area contributed by atoms with Gasteiger partial charge >= 0.3 is 0 Å². The summed E-state index contributed by atoms with van der Waals surface area (Å²) in [5, 5.41) is 0. The van der Waals surface area contributed by atoms with E-state index in [1.807, 2.05) is 12.1 Å². The molecule has 4 nitrogen and oxygen atoms in total. The molecule has 0 atom stereocenters. The van der Waals surface area contributed by atoms with Gasteiger partial charge in [0.25, 0.3) is 10.0 Å². The Morgan fingerprint density at radius 1 is 1.09 bits per heavy atom. The van der Waals surface area contributed by atoms with Gasteiger partial charge in [0.15, 0.2) is 0 Å². The molecule has 120 valence electrons. The zero-order valence-electron chi connectivity index (χ0n) is 13.0. The van der Waals surface area contributed by atoms with Crippen LogP contribution in [0.2, 0.25) is 0 Å². The second kappa shape index (κ2) is 6.46. The molecule has 1 aliphatic rings. The van der Waals surface area contributed by atoms with E-state index in [0.717, 1.165) is 18.4 Å². The summed E-state index contributed by atoms with van der Waals surface area (Å²) in [6.07, 6.45) is 5.68. The normalized spacial score (nSPS) is 14.0. The molecular weight excluding hydrogens is 310 g/mol. The van der Waals surface area contributed by atoms with E-state index in [2.05, 4.69) is 10.8 Å². The lowest BCUT2D eigenvalue weighted by atomic mass is 9.91. The number of benzene rings is 2. The highest BCUT2D eigenvalue weighted by molar-refractivity contribution is 7.92. The maximum absolute atomic E-state index is 12.4. The van der Waals surface area contributed by atoms with Gasteiger partial charge in [-0.1, -0.05) is 35.9 Å². The summed E-state index contributed by atoms with van der Waals surface area (Å²) >= 11 is 0. The van der Waals surface area contributed by atoms with Crippen molar-refractivity contribution in [2.45, 2.75) is 24.2 Å². The van der Waals surface area contributed by atoms with Crippen LogP contribution in [0.25, 0.3) is 6.08 Å². The first-order valence-corrected chi connectivity index (χ1v) is 9.02. The third kappa shape index (κ3) is 3.56. The van der Waals surface area contributed by atoms with Gasteiger partial charge in [-0.05, 0) is 49.1 Å². The van der Waals surface area contributed by atoms with Crippen LogP contribution in [-0.2, 0) is 10.0 Å². The van der Waals surface area contributed by atoms with E-state index in [9.17, 15) is 8.42 Å². The largest absolute Gasteiger partial charge is 0.495 e. The maximum atomic E-state index is 12.4. The molecule has 2 aromatic rings. The Morgan fingerprint density at radius 3 is 2.43 bits per heavy atom. The van der Waals surface area contributed by atoms with Crippen LogP contribution in [0.3, 0.4) is 0 Å². The molecule has 0 heterocycles. The number of hydrogen-bond acceptors (Lipinski definition) is 3. The van der Waals surface area contributed by atoms with E-state index >= 15 is 0 Å². The Labute approximate surface area is 136 Å². The van der Waals surface area contributed by atoms with Crippen LogP contribution in [-0.4, -0.2) is 15.5 Å². The van der Waals surface area contributed by atoms with Crippen molar-refractivity contribution in [3.63, 3.8) is 0 Å². The average molecular weight is 329 g/mol. The second-order valence-electron chi connectivity index (χ2n) is 5.53. The van der Waals surface area contributed by atoms with Crippen molar-refractivity contribution in [3.05, 3.63) is 59.7 Å². The predicted molar refractivity (Wildman–Crippen MR) is 92.1 cm³/mol. The summed E-state index contributed by atoms with van der Waals surface area (Å²) in [6.45, 7) is 0. The quantitative estimate of drug-likeness (QED) is 0.900. The lowest BCUT2D eigenvalue weighted by Crippen LogP contribution is -2.13. The van der Waals surface area contributed by atoms with Gasteiger partial charge in [-0.25, -0.2) is 8.42 Å². The molecule has 0 unspecified atom stereocenters. The van der Waals surface area contributed by atoms with Crippen molar-refractivity contribution in [3.8, 4) is 5.75 Å². The Morgan fingerprint density at radius 2 is 1.83 bits per heavy atom. The Bertz CT molecular complexity index is 821. The summed E-state index contributed by atoms with van der Waals surface area (Å²) in [7, 11) is -2.08. The summed E-state index contributed by atoms with van der Waals surface area (Å²) in [5.74, 6) is 0.512. The van der Waals surface area contributed by atoms with Crippen molar-refractivity contribution < 1.29 is 13.2 Å². The van der Waals surface area contributed by atoms with E-state index in [4.69, 9.17) is 4.74 Å². The first-order chi connectivity index (χ1) is 11.1. The van der Waals surface area contributed by atoms with Gasteiger partial charge in [-0.2, -0.15) is 0 Å². The molecule has 1 saturated carbocycles. The van der Waals surface area contributed by atoms with Gasteiger partial charge in [-0.15, -0.1) is 0 Å². The Hall–Kier alpha value is -2.27. The number of nitrogens with one attached hydrogen (secondary N) is 1. The number of ether oxygens (including phenoxy) is 1. The molecule has 0 radical (unpaired) electrons. The van der Waals surface area contributed by atoms with Crippen LogP contribution >= 0.6 is 0 Å². The summed E-state index contributed by atoms with van der Waals surface area (Å²) in [4.78, 5) is 0.225. The third-order valence-corrected chi connectivity index (χ3v) is 5.27. The van der Waals surface area contributed by atoms with Gasteiger partial charge in [0, 0.05) is 0 Å². The van der Waals surface area contributed by atoms with Crippen molar-refractivity contribution in [1.29, 1.82) is 0 Å². The van der Waals surface area contributed by atoms with Crippen LogP contribution in [0.5, 0.6) is 5.75 Å². The van der Waals surface area contributed by atoms with Crippen LogP contribution in [0.15, 0.2) is 59.0 Å². The number of hydrogen-bond donors (Lipinski definition) is 1. The van der Waals surface area contributed by atoms with Crippen LogP contribution in [0.1, 0.15) is 24.8 Å². The average Bonchev–Trinajstić information content (AvgIpc) is 2.52. The molecule has 0 saturated heterocycles. The molecule has 0 aliphatic heterocycles. The fraction of sp³-hybridized carbons (Fsp3) is 0.222. The smallest absolute Gasteiger partial charge is 0.262 e. The molecule has 0 spiro atoms. The van der Waals surface area contributed by atoms with E-state index in [-0.39, 0.29) is 4.90 Å². The number of rotatable bonds is 5. The molecular formula is C18H19NO3S. The zero-order chi connectivity index (χ0) is 16.3. The highest BCUT2D eigenvalue weighted by Crippen LogP contribution is 2.32. The molecule has 0 amide bonds. The number of sulfonamides is 1. The lowest BCUT2D eigenvalue weighted by Gasteiger charge is -2.17. The number of allylic oxidation sites excluding steroid dienone is 1. The first kappa shape index (κ1) is 15.6. The van der Waals surface area contributed by atoms with Crippen LogP contribution < -0.4 is 9.46 Å². The lowest BCUT2D eigenvalue weighted by molar-refractivity contribution is 0.417. The minimum atomic E-state index is -3.62. The van der Waals surface area contributed by atoms with Crippen molar-refractivity contribution in [1.82, 2.24) is 0 Å². The molecule has 3 rings (SSSR count). The molecule has 0 aromatic heterocycles. The van der Waals surface area contributed by atoms with Crippen LogP contribution in [0.4, 0.5) is 5.69 Å². The highest BCUT2D eigenvalue weighted by Gasteiger charge is 2.16. The van der Waals surface area contributed by atoms with Gasteiger partial charge in [0.05, 0.1) is 17.7 Å². The fourth-order valence-electron chi connectivity index (χ4n) is 2.45. The summed E-state index contributed by atoms with van der Waals surface area (Å²) in [5.41, 5.74) is 2.89. The van der Waals surface area contributed by atoms with Gasteiger partial charge in [0.2, 0.25) is 0 Å². The summed E-state index contributed by atoms with van der Waals surface area (Å²) < 4.78 is 32.8. The van der Waals surface area contributed by atoms with E-state index in [1.54, 1.807) is 36.4 Å². The van der Waals surface area contributed by atoms with Crippen molar-refractivity contribution in [2.75, 3.05) is 11.8 Å². The van der Waals surface area contributed by atoms with Crippen molar-refractivity contribution in [2.24, 2.45) is 0 Å². The van der Waals surface area contributed by atoms with Gasteiger partial charge in [-0.3, -0.25) is 4.72 Å². The summed E-state index contributed by atoms with van der Waals surface area (Å²) in [6, 6.07) is 13.8. The molecule has 5 heteroatoms. The minimum Gasteiger partial charge on any atom is -0.495 e. The molecule has 23 heavy (non-hydrogen) atoms. The SMILES string of the molecule is COc1cc(C=C2CCC2)ccc1NS(=O)(=O)c1ccccc1. The van der Waals surface area contributed by atoms with Crippen LogP contribution in [0, 0.1) is 0 Å². The topological polar surface area (TPSA) is 55.4 Å². The second-order valence-corrected chi connectivity index (χ2v) is 7.22. The Balaban J connectivity index is 1.88. The predicted octanol–water partition coefficient (Wildman–Crippen LogP) is 4.06. The van der Waals surface area contributed by atoms with Crippen molar-refractivity contribution >= 4 is 21.8 Å². The maximum Gasteiger partial charge on any atom is 0.262 e. The minimum absolute atomic E-state index is 0.225. The third-order valence-electron chi connectivity index (χ3n) is 3.89. The number of methoxy groups -OCH3 is 1. The van der Waals surface area contributed by atoms with E-state index in [1.165, 1.54) is 19.1 Å². The number of anilines is 1. The van der Waals surface area contributed by atoms with Gasteiger partial charge in [0.1, 0.15) is 5.75 Å². The molecule has 2 aromatic carbocycles. The fourth-order valence-corrected chi connectivity index (χ4v) is 3.54. The zero-order valence-corrected chi connectivity index (χ0v) is 13.8. The molecule has 0 bridgehead atoms. The van der Waals surface area contributed by atoms with E-state index < -0.39 is 10.0 Å². The molecule has 1 N–H and O–H groups in total. The highest BCUT2D eigenvalue weighted by atomic mass is 32.2. The molecule has 1 aliphatic carbocycles. The molecule has 1 fully saturated rings. The van der Waals surface area contributed by atoms with Gasteiger partial charge < -0.3 is 4.74 Å². The first-order valence-electron chi connectivity index (χ1n) is 7.54. The standard InChI is InChI=1S/C18H19NO3S/c1-22-18-13-15(12-14-6-5-7-14)10-11-17(18)19-23(20,21)16-8-3-2-4-9-16/h2-4,8-13,19H,5-7H2,1H3.